The quantitative estimate of drug-likeness (QED) is 0.666. The van der Waals surface area contributed by atoms with Crippen molar-refractivity contribution >= 4 is 17.6 Å². The molecule has 5 nitrogen and oxygen atoms in total. The smallest absolute Gasteiger partial charge is 0.363 e. The maximum absolute atomic E-state index is 12.2. The van der Waals surface area contributed by atoms with Gasteiger partial charge in [-0.15, -0.1) is 5.06 Å². The van der Waals surface area contributed by atoms with Gasteiger partial charge in [0.25, 0.3) is 5.91 Å². The molecule has 0 saturated carbocycles. The average Bonchev–Trinajstić information content (AvgIpc) is 2.59. The lowest BCUT2D eigenvalue weighted by Crippen LogP contribution is -2.30. The molecule has 0 unspecified atom stereocenters. The van der Waals surface area contributed by atoms with Crippen LogP contribution in [-0.2, 0) is 16.1 Å². The van der Waals surface area contributed by atoms with Gasteiger partial charge in [-0.1, -0.05) is 37.8 Å². The van der Waals surface area contributed by atoms with E-state index in [1.807, 2.05) is 43.3 Å². The van der Waals surface area contributed by atoms with Crippen LogP contribution in [0, 0.1) is 0 Å². The van der Waals surface area contributed by atoms with E-state index < -0.39 is 11.9 Å². The van der Waals surface area contributed by atoms with Gasteiger partial charge in [-0.05, 0) is 48.2 Å². The molecule has 0 aromatic heterocycles. The number of rotatable bonds is 5. The first-order chi connectivity index (χ1) is 11.9. The number of hydroxylamine groups is 2. The molecule has 2 aromatic rings. The number of nitrogens with two attached hydrogens (primary N) is 1. The molecule has 0 aliphatic rings. The van der Waals surface area contributed by atoms with Crippen molar-refractivity contribution in [2.75, 3.05) is 5.73 Å². The summed E-state index contributed by atoms with van der Waals surface area (Å²) in [5.74, 6) is -0.987. The minimum absolute atomic E-state index is 0.367. The predicted molar refractivity (Wildman–Crippen MR) is 97.5 cm³/mol. The Morgan fingerprint density at radius 1 is 1.12 bits per heavy atom. The van der Waals surface area contributed by atoms with Crippen LogP contribution in [0.1, 0.15) is 41.8 Å². The molecule has 2 rings (SSSR count). The van der Waals surface area contributed by atoms with Gasteiger partial charge >= 0.3 is 5.97 Å². The van der Waals surface area contributed by atoms with Gasteiger partial charge in [-0.2, -0.15) is 0 Å². The van der Waals surface area contributed by atoms with Crippen LogP contribution >= 0.6 is 0 Å². The van der Waals surface area contributed by atoms with Crippen molar-refractivity contribution < 1.29 is 14.4 Å². The van der Waals surface area contributed by atoms with E-state index in [2.05, 4.69) is 6.58 Å². The van der Waals surface area contributed by atoms with E-state index in [1.165, 1.54) is 6.92 Å². The Kier molecular flexibility index (Phi) is 5.95. The lowest BCUT2D eigenvalue weighted by Gasteiger charge is -2.20. The molecule has 0 aliphatic heterocycles. The maximum Gasteiger partial charge on any atom is 0.363 e. The molecule has 0 bridgehead atoms. The number of benzene rings is 2. The lowest BCUT2D eigenvalue weighted by molar-refractivity contribution is -0.156. The topological polar surface area (TPSA) is 72.6 Å². The molecule has 0 fully saturated rings. The number of hydrogen-bond acceptors (Lipinski definition) is 4. The van der Waals surface area contributed by atoms with Crippen molar-refractivity contribution in [2.45, 2.75) is 26.7 Å². The maximum atomic E-state index is 12.2. The first kappa shape index (κ1) is 18.3. The van der Waals surface area contributed by atoms with Gasteiger partial charge in [0.15, 0.2) is 0 Å². The van der Waals surface area contributed by atoms with Crippen molar-refractivity contribution in [3.05, 3.63) is 77.5 Å². The van der Waals surface area contributed by atoms with E-state index in [0.29, 0.717) is 24.1 Å². The highest BCUT2D eigenvalue weighted by Gasteiger charge is 2.18. The predicted octanol–water partition coefficient (Wildman–Crippen LogP) is 3.70. The highest BCUT2D eigenvalue weighted by atomic mass is 16.7. The summed E-state index contributed by atoms with van der Waals surface area (Å²) < 4.78 is 0. The summed E-state index contributed by atoms with van der Waals surface area (Å²) in [6.07, 6.45) is 1.22. The van der Waals surface area contributed by atoms with Gasteiger partial charge < -0.3 is 10.6 Å². The fourth-order valence-corrected chi connectivity index (χ4v) is 2.33. The molecule has 130 valence electrons. The number of allylic oxidation sites excluding steroid dienone is 1. The third-order valence-corrected chi connectivity index (χ3v) is 3.70. The second kappa shape index (κ2) is 8.15. The van der Waals surface area contributed by atoms with Crippen molar-refractivity contribution in [1.29, 1.82) is 0 Å². The Balaban J connectivity index is 2.07. The lowest BCUT2D eigenvalue weighted by atomic mass is 10.0. The Labute approximate surface area is 147 Å². The van der Waals surface area contributed by atoms with E-state index >= 15 is 0 Å². The van der Waals surface area contributed by atoms with Crippen LogP contribution in [-0.4, -0.2) is 16.9 Å². The summed E-state index contributed by atoms with van der Waals surface area (Å²) in [5.41, 5.74) is 9.44. The van der Waals surface area contributed by atoms with Gasteiger partial charge in [-0.25, -0.2) is 4.79 Å². The van der Waals surface area contributed by atoms with Gasteiger partial charge in [0.05, 0.1) is 11.3 Å². The number of nitrogens with zero attached hydrogens (tertiary/aromatic N) is 1. The summed E-state index contributed by atoms with van der Waals surface area (Å²) >= 11 is 0. The highest BCUT2D eigenvalue weighted by Crippen LogP contribution is 2.15. The molecule has 0 heterocycles. The molecule has 2 N–H and O–H groups in total. The minimum Gasteiger partial charge on any atom is -0.399 e. The molecule has 0 saturated heterocycles. The molecule has 0 atom stereocenters. The molecule has 0 radical (unpaired) electrons. The van der Waals surface area contributed by atoms with Crippen molar-refractivity contribution in [2.24, 2.45) is 0 Å². The Morgan fingerprint density at radius 2 is 1.80 bits per heavy atom. The third-order valence-electron chi connectivity index (χ3n) is 3.70. The second-order valence-corrected chi connectivity index (χ2v) is 5.73. The van der Waals surface area contributed by atoms with E-state index in [0.717, 1.165) is 21.9 Å². The van der Waals surface area contributed by atoms with Crippen molar-refractivity contribution in [3.8, 4) is 0 Å². The van der Waals surface area contributed by atoms with E-state index in [1.54, 1.807) is 12.1 Å². The van der Waals surface area contributed by atoms with Crippen LogP contribution in [0.2, 0.25) is 0 Å². The summed E-state index contributed by atoms with van der Waals surface area (Å²) in [6, 6.07) is 14.7. The van der Waals surface area contributed by atoms with Gasteiger partial charge in [-0.3, -0.25) is 4.79 Å². The molecule has 25 heavy (non-hydrogen) atoms. The molecule has 5 heteroatoms. The zero-order valence-electron chi connectivity index (χ0n) is 14.5. The number of anilines is 1. The van der Waals surface area contributed by atoms with E-state index in [9.17, 15) is 9.59 Å². The summed E-state index contributed by atoms with van der Waals surface area (Å²) in [7, 11) is 0. The minimum atomic E-state index is -0.597. The molecule has 2 aromatic carbocycles. The fraction of sp³-hybridized carbons (Fsp3) is 0.200. The Morgan fingerprint density at radius 3 is 2.36 bits per heavy atom. The van der Waals surface area contributed by atoms with E-state index in [4.69, 9.17) is 10.6 Å². The van der Waals surface area contributed by atoms with Crippen molar-refractivity contribution in [1.82, 2.24) is 5.06 Å². The van der Waals surface area contributed by atoms with Crippen molar-refractivity contribution in [3.63, 3.8) is 0 Å². The number of nitrogen functional groups attached to an aromatic ring is 1. The number of amides is 1. The Hall–Kier alpha value is -3.08. The SMILES string of the molecule is C=C(CC)N(OC(=O)c1ccc(Cc2cccc(N)c2)cc1)C(C)=O. The molecule has 0 spiro atoms. The first-order valence-corrected chi connectivity index (χ1v) is 8.04. The fourth-order valence-electron chi connectivity index (χ4n) is 2.33. The van der Waals surface area contributed by atoms with Gasteiger partial charge in [0.2, 0.25) is 0 Å². The standard InChI is InChI=1S/C20H22N2O3/c1-4-14(2)22(15(3)23)25-20(24)18-10-8-16(9-11-18)12-17-6-5-7-19(21)13-17/h5-11,13H,2,4,12,21H2,1,3H3. The van der Waals surface area contributed by atoms with Gasteiger partial charge in [0, 0.05) is 12.6 Å². The third kappa shape index (κ3) is 4.94. The number of hydrogen-bond donors (Lipinski definition) is 1. The van der Waals surface area contributed by atoms with Crippen LogP contribution in [0.15, 0.2) is 60.8 Å². The monoisotopic (exact) mass is 338 g/mol. The van der Waals surface area contributed by atoms with Crippen LogP contribution in [0.4, 0.5) is 5.69 Å². The average molecular weight is 338 g/mol. The highest BCUT2D eigenvalue weighted by molar-refractivity contribution is 5.90. The molecular weight excluding hydrogens is 316 g/mol. The van der Waals surface area contributed by atoms with E-state index in [-0.39, 0.29) is 0 Å². The second-order valence-electron chi connectivity index (χ2n) is 5.73. The zero-order valence-corrected chi connectivity index (χ0v) is 14.5. The Bertz CT molecular complexity index is 782. The first-order valence-electron chi connectivity index (χ1n) is 8.04. The zero-order chi connectivity index (χ0) is 18.4. The molecule has 0 aliphatic carbocycles. The summed E-state index contributed by atoms with van der Waals surface area (Å²) in [4.78, 5) is 28.9. The van der Waals surface area contributed by atoms with Crippen LogP contribution in [0.25, 0.3) is 0 Å². The van der Waals surface area contributed by atoms with Gasteiger partial charge in [0.1, 0.15) is 0 Å². The van der Waals surface area contributed by atoms with Crippen LogP contribution in [0.5, 0.6) is 0 Å². The largest absolute Gasteiger partial charge is 0.399 e. The van der Waals surface area contributed by atoms with Crippen LogP contribution in [0.3, 0.4) is 0 Å². The summed E-state index contributed by atoms with van der Waals surface area (Å²) in [5, 5.41) is 0.934. The summed E-state index contributed by atoms with van der Waals surface area (Å²) in [6.45, 7) is 6.88. The molecular formula is C20H22N2O3. The molecule has 1 amide bonds. The normalized spacial score (nSPS) is 10.2. The number of carbonyl (C=O) groups excluding carboxylic acids is 2. The number of carbonyl (C=O) groups is 2. The van der Waals surface area contributed by atoms with Crippen LogP contribution < -0.4 is 5.73 Å².